The summed E-state index contributed by atoms with van der Waals surface area (Å²) in [6, 6.07) is 5.93. The summed E-state index contributed by atoms with van der Waals surface area (Å²) in [5, 5.41) is 19.7. The zero-order valence-corrected chi connectivity index (χ0v) is 11.2. The van der Waals surface area contributed by atoms with Crippen molar-refractivity contribution in [2.24, 2.45) is 0 Å². The van der Waals surface area contributed by atoms with Crippen LogP contribution in [0.2, 0.25) is 0 Å². The van der Waals surface area contributed by atoms with Gasteiger partial charge >= 0.3 is 5.97 Å². The number of carboxylic acid groups (broad SMARTS) is 1. The van der Waals surface area contributed by atoms with Gasteiger partial charge in [0.25, 0.3) is 5.69 Å². The van der Waals surface area contributed by atoms with Crippen molar-refractivity contribution in [1.29, 1.82) is 0 Å². The van der Waals surface area contributed by atoms with Gasteiger partial charge in [0, 0.05) is 18.2 Å². The number of nitrogens with zero attached hydrogens (tertiary/aromatic N) is 2. The number of nitro groups is 1. The minimum absolute atomic E-state index is 0.0167. The van der Waals surface area contributed by atoms with Gasteiger partial charge in [0.15, 0.2) is 0 Å². The summed E-state index contributed by atoms with van der Waals surface area (Å²) >= 11 is 0. The molecule has 6 heteroatoms. The Morgan fingerprint density at radius 2 is 2.30 bits per heavy atom. The van der Waals surface area contributed by atoms with Gasteiger partial charge in [-0.1, -0.05) is 25.0 Å². The fourth-order valence-electron chi connectivity index (χ4n) is 2.12. The number of benzene rings is 1. The van der Waals surface area contributed by atoms with Crippen LogP contribution in [0.5, 0.6) is 0 Å². The summed E-state index contributed by atoms with van der Waals surface area (Å²) in [5.41, 5.74) is 0.676. The van der Waals surface area contributed by atoms with Crippen molar-refractivity contribution in [3.8, 4) is 12.3 Å². The molecule has 1 aromatic rings. The molecule has 0 aliphatic heterocycles. The zero-order chi connectivity index (χ0) is 15.1. The van der Waals surface area contributed by atoms with E-state index in [9.17, 15) is 14.9 Å². The Bertz CT molecular complexity index is 536. The quantitative estimate of drug-likeness (QED) is 0.468. The van der Waals surface area contributed by atoms with Gasteiger partial charge in [0.05, 0.1) is 18.0 Å². The third-order valence-electron chi connectivity index (χ3n) is 2.93. The molecule has 1 unspecified atom stereocenters. The van der Waals surface area contributed by atoms with Crippen molar-refractivity contribution >= 4 is 11.7 Å². The average Bonchev–Trinajstić information content (AvgIpc) is 2.39. The van der Waals surface area contributed by atoms with Crippen LogP contribution in [0.1, 0.15) is 24.9 Å². The van der Waals surface area contributed by atoms with E-state index in [1.807, 2.05) is 6.92 Å². The Labute approximate surface area is 117 Å². The Morgan fingerprint density at radius 3 is 2.80 bits per heavy atom. The molecule has 0 amide bonds. The second kappa shape index (κ2) is 7.26. The van der Waals surface area contributed by atoms with Crippen LogP contribution in [0.3, 0.4) is 0 Å². The van der Waals surface area contributed by atoms with E-state index in [1.54, 1.807) is 17.0 Å². The van der Waals surface area contributed by atoms with E-state index in [1.165, 1.54) is 12.1 Å². The lowest BCUT2D eigenvalue weighted by Gasteiger charge is -2.28. The molecule has 0 aliphatic rings. The van der Waals surface area contributed by atoms with E-state index in [0.29, 0.717) is 12.0 Å². The smallest absolute Gasteiger partial charge is 0.317 e. The lowest BCUT2D eigenvalue weighted by molar-refractivity contribution is -0.385. The van der Waals surface area contributed by atoms with Crippen LogP contribution >= 0.6 is 0 Å². The predicted octanol–water partition coefficient (Wildman–Crippen LogP) is 2.07. The first-order valence-corrected chi connectivity index (χ1v) is 6.13. The fraction of sp³-hybridized carbons (Fsp3) is 0.357. The highest BCUT2D eigenvalue weighted by Crippen LogP contribution is 2.26. The highest BCUT2D eigenvalue weighted by atomic mass is 16.6. The van der Waals surface area contributed by atoms with Crippen LogP contribution in [-0.4, -0.2) is 34.0 Å². The van der Waals surface area contributed by atoms with Crippen molar-refractivity contribution < 1.29 is 14.8 Å². The molecule has 0 aromatic heterocycles. The van der Waals surface area contributed by atoms with Crippen LogP contribution in [-0.2, 0) is 4.79 Å². The average molecular weight is 276 g/mol. The third kappa shape index (κ3) is 4.07. The number of carboxylic acids is 1. The molecular weight excluding hydrogens is 260 g/mol. The Balaban J connectivity index is 3.09. The normalized spacial score (nSPS) is 11.8. The first-order valence-electron chi connectivity index (χ1n) is 6.13. The van der Waals surface area contributed by atoms with Crippen molar-refractivity contribution in [3.63, 3.8) is 0 Å². The highest BCUT2D eigenvalue weighted by Gasteiger charge is 2.21. The molecule has 20 heavy (non-hydrogen) atoms. The molecule has 1 N–H and O–H groups in total. The molecular formula is C14H16N2O4. The zero-order valence-electron chi connectivity index (χ0n) is 11.2. The van der Waals surface area contributed by atoms with Crippen molar-refractivity contribution in [3.05, 3.63) is 39.9 Å². The number of hydrogen-bond acceptors (Lipinski definition) is 4. The number of non-ortho nitro benzene ring substituents is 1. The van der Waals surface area contributed by atoms with Crippen LogP contribution in [0.25, 0.3) is 0 Å². The topological polar surface area (TPSA) is 83.7 Å². The van der Waals surface area contributed by atoms with Crippen molar-refractivity contribution in [1.82, 2.24) is 4.90 Å². The molecule has 0 fully saturated rings. The van der Waals surface area contributed by atoms with E-state index in [-0.39, 0.29) is 24.8 Å². The van der Waals surface area contributed by atoms with Crippen LogP contribution in [0.4, 0.5) is 5.69 Å². The van der Waals surface area contributed by atoms with Gasteiger partial charge in [-0.2, -0.15) is 0 Å². The van der Waals surface area contributed by atoms with Gasteiger partial charge in [0.1, 0.15) is 0 Å². The summed E-state index contributed by atoms with van der Waals surface area (Å²) in [6.45, 7) is 1.85. The second-order valence-corrected chi connectivity index (χ2v) is 4.28. The maximum Gasteiger partial charge on any atom is 0.317 e. The lowest BCUT2D eigenvalue weighted by atomic mass is 10.0. The van der Waals surface area contributed by atoms with E-state index in [2.05, 4.69) is 5.92 Å². The minimum atomic E-state index is -0.982. The number of hydrogen-bond donors (Lipinski definition) is 1. The predicted molar refractivity (Wildman–Crippen MR) is 74.2 cm³/mol. The Hall–Kier alpha value is -2.39. The molecule has 1 aromatic carbocycles. The monoisotopic (exact) mass is 276 g/mol. The second-order valence-electron chi connectivity index (χ2n) is 4.28. The molecule has 0 aliphatic carbocycles. The Kier molecular flexibility index (Phi) is 5.69. The van der Waals surface area contributed by atoms with Gasteiger partial charge in [-0.15, -0.1) is 6.42 Å². The number of terminal acetylenes is 1. The molecule has 6 nitrogen and oxygen atoms in total. The van der Waals surface area contributed by atoms with Gasteiger partial charge in [0.2, 0.25) is 0 Å². The van der Waals surface area contributed by atoms with E-state index >= 15 is 0 Å². The largest absolute Gasteiger partial charge is 0.480 e. The number of carbonyl (C=O) groups is 1. The van der Waals surface area contributed by atoms with Gasteiger partial charge in [-0.25, -0.2) is 0 Å². The summed E-state index contributed by atoms with van der Waals surface area (Å²) in [4.78, 5) is 22.8. The molecule has 0 saturated carbocycles. The molecule has 106 valence electrons. The molecule has 0 saturated heterocycles. The number of nitro benzene ring substituents is 1. The fourth-order valence-corrected chi connectivity index (χ4v) is 2.12. The SMILES string of the molecule is C#CCN(CC(=O)O)C(CC)c1cccc([N+](=O)[O-])c1. The Morgan fingerprint density at radius 1 is 1.60 bits per heavy atom. The minimum Gasteiger partial charge on any atom is -0.480 e. The van der Waals surface area contributed by atoms with Crippen LogP contribution < -0.4 is 0 Å². The molecule has 1 rings (SSSR count). The molecule has 0 radical (unpaired) electrons. The summed E-state index contributed by atoms with van der Waals surface area (Å²) in [5.74, 6) is 1.44. The number of aliphatic carboxylic acids is 1. The molecule has 0 heterocycles. The summed E-state index contributed by atoms with van der Waals surface area (Å²) < 4.78 is 0. The van der Waals surface area contributed by atoms with E-state index in [0.717, 1.165) is 0 Å². The van der Waals surface area contributed by atoms with Crippen molar-refractivity contribution in [2.45, 2.75) is 19.4 Å². The maximum absolute atomic E-state index is 10.9. The van der Waals surface area contributed by atoms with Gasteiger partial charge in [-0.05, 0) is 12.0 Å². The summed E-state index contributed by atoms with van der Waals surface area (Å²) in [6.07, 6.45) is 5.87. The molecule has 0 bridgehead atoms. The molecule has 1 atom stereocenters. The molecule has 0 spiro atoms. The number of rotatable bonds is 7. The third-order valence-corrected chi connectivity index (χ3v) is 2.93. The first kappa shape index (κ1) is 15.7. The van der Waals surface area contributed by atoms with Gasteiger partial charge in [-0.3, -0.25) is 19.8 Å². The van der Waals surface area contributed by atoms with Crippen molar-refractivity contribution in [2.75, 3.05) is 13.1 Å². The van der Waals surface area contributed by atoms with Gasteiger partial charge < -0.3 is 5.11 Å². The highest BCUT2D eigenvalue weighted by molar-refractivity contribution is 5.69. The summed E-state index contributed by atoms with van der Waals surface area (Å²) in [7, 11) is 0. The standard InChI is InChI=1S/C14H16N2O4/c1-3-8-15(10-14(17)18)13(4-2)11-6-5-7-12(9-11)16(19)20/h1,5-7,9,13H,4,8,10H2,2H3,(H,17,18). The van der Waals surface area contributed by atoms with E-state index in [4.69, 9.17) is 11.5 Å². The van der Waals surface area contributed by atoms with E-state index < -0.39 is 10.9 Å². The lowest BCUT2D eigenvalue weighted by Crippen LogP contribution is -2.33. The maximum atomic E-state index is 10.9. The van der Waals surface area contributed by atoms with Crippen LogP contribution in [0.15, 0.2) is 24.3 Å². The first-order chi connectivity index (χ1) is 9.49. The van der Waals surface area contributed by atoms with Crippen LogP contribution in [0, 0.1) is 22.5 Å².